The van der Waals surface area contributed by atoms with Gasteiger partial charge < -0.3 is 14.2 Å². The number of aryl methyl sites for hydroxylation is 1. The van der Waals surface area contributed by atoms with Gasteiger partial charge in [0.2, 0.25) is 5.90 Å². The maximum Gasteiger partial charge on any atom is 0.363 e. The lowest BCUT2D eigenvalue weighted by Crippen LogP contribution is -2.06. The van der Waals surface area contributed by atoms with Crippen LogP contribution in [0.4, 0.5) is 0 Å². The minimum absolute atomic E-state index is 0.244. The first-order valence-corrected chi connectivity index (χ1v) is 11.9. The van der Waals surface area contributed by atoms with Gasteiger partial charge in [-0.1, -0.05) is 30.3 Å². The number of esters is 1. The van der Waals surface area contributed by atoms with Gasteiger partial charge in [-0.15, -0.1) is 0 Å². The van der Waals surface area contributed by atoms with Crippen molar-refractivity contribution < 1.29 is 19.0 Å². The van der Waals surface area contributed by atoms with Gasteiger partial charge in [0.25, 0.3) is 0 Å². The maximum absolute atomic E-state index is 12.4. The summed E-state index contributed by atoms with van der Waals surface area (Å²) in [6.07, 6.45) is 1.70. The molecule has 162 valence electrons. The smallest absolute Gasteiger partial charge is 0.363 e. The molecule has 4 rings (SSSR count). The van der Waals surface area contributed by atoms with Gasteiger partial charge in [0.1, 0.15) is 6.61 Å². The van der Waals surface area contributed by atoms with Crippen LogP contribution in [0, 0.1) is 14.1 Å². The quantitative estimate of drug-likeness (QED) is 0.183. The van der Waals surface area contributed by atoms with Crippen LogP contribution in [-0.2, 0) is 16.1 Å². The van der Waals surface area contributed by atoms with E-state index >= 15 is 0 Å². The second-order valence-electron chi connectivity index (χ2n) is 7.10. The molecule has 0 saturated heterocycles. The summed E-state index contributed by atoms with van der Waals surface area (Å²) >= 11 is 4.48. The molecule has 0 fully saturated rings. The van der Waals surface area contributed by atoms with Crippen molar-refractivity contribution >= 4 is 63.1 Å². The van der Waals surface area contributed by atoms with Crippen LogP contribution in [0.2, 0.25) is 0 Å². The Morgan fingerprint density at radius 3 is 2.53 bits per heavy atom. The lowest BCUT2D eigenvalue weighted by atomic mass is 10.1. The molecule has 0 bridgehead atoms. The van der Waals surface area contributed by atoms with Crippen LogP contribution in [0.1, 0.15) is 22.3 Å². The summed E-state index contributed by atoms with van der Waals surface area (Å²) < 4.78 is 19.1. The average molecular weight is 651 g/mol. The van der Waals surface area contributed by atoms with Gasteiger partial charge in [-0.2, -0.15) is 0 Å². The second kappa shape index (κ2) is 10.0. The molecule has 0 spiro atoms. The number of rotatable bonds is 6. The summed E-state index contributed by atoms with van der Waals surface area (Å²) in [5.74, 6) is 1.09. The molecule has 1 heterocycles. The van der Waals surface area contributed by atoms with Gasteiger partial charge in [0, 0.05) is 9.13 Å². The van der Waals surface area contributed by atoms with E-state index in [-0.39, 0.29) is 5.70 Å². The first-order chi connectivity index (χ1) is 15.4. The first-order valence-electron chi connectivity index (χ1n) is 9.78. The molecular weight excluding hydrogens is 632 g/mol. The van der Waals surface area contributed by atoms with Gasteiger partial charge in [-0.3, -0.25) is 0 Å². The lowest BCUT2D eigenvalue weighted by Gasteiger charge is -2.14. The summed E-state index contributed by atoms with van der Waals surface area (Å²) in [7, 11) is 1.60. The van der Waals surface area contributed by atoms with E-state index in [1.807, 2.05) is 67.6 Å². The van der Waals surface area contributed by atoms with Crippen molar-refractivity contribution in [3.8, 4) is 11.5 Å². The van der Waals surface area contributed by atoms with E-state index < -0.39 is 5.97 Å². The third-order valence-electron chi connectivity index (χ3n) is 4.85. The van der Waals surface area contributed by atoms with Crippen LogP contribution >= 0.6 is 45.2 Å². The third-order valence-corrected chi connectivity index (χ3v) is 6.37. The molecule has 0 saturated carbocycles. The number of benzene rings is 3. The zero-order valence-corrected chi connectivity index (χ0v) is 21.7. The lowest BCUT2D eigenvalue weighted by molar-refractivity contribution is -0.129. The summed E-state index contributed by atoms with van der Waals surface area (Å²) in [5.41, 5.74) is 3.88. The fraction of sp³-hybridized carbons (Fsp3) is 0.120. The topological polar surface area (TPSA) is 57.1 Å². The van der Waals surface area contributed by atoms with Crippen molar-refractivity contribution in [3.05, 3.63) is 95.8 Å². The molecule has 1 aliphatic rings. The summed E-state index contributed by atoms with van der Waals surface area (Å²) in [6.45, 7) is 2.38. The SMILES string of the molecule is COc1cc(/C=C2\N=C(c3ccccc3C)OC2=O)cc(I)c1OCc1ccc(I)cc1. The third kappa shape index (κ3) is 5.15. The number of hydrogen-bond acceptors (Lipinski definition) is 5. The zero-order valence-electron chi connectivity index (χ0n) is 17.4. The van der Waals surface area contributed by atoms with Crippen molar-refractivity contribution in [1.29, 1.82) is 0 Å². The Bertz CT molecular complexity index is 1230. The highest BCUT2D eigenvalue weighted by atomic mass is 127. The molecule has 5 nitrogen and oxygen atoms in total. The molecule has 0 aromatic heterocycles. The number of aliphatic imine (C=N–C) groups is 1. The normalized spacial score (nSPS) is 14.3. The van der Waals surface area contributed by atoms with E-state index in [1.165, 1.54) is 3.57 Å². The zero-order chi connectivity index (χ0) is 22.7. The van der Waals surface area contributed by atoms with Gasteiger partial charge in [-0.05, 0) is 105 Å². The van der Waals surface area contributed by atoms with E-state index in [9.17, 15) is 4.79 Å². The molecule has 0 amide bonds. The summed E-state index contributed by atoms with van der Waals surface area (Å²) in [4.78, 5) is 16.8. The minimum Gasteiger partial charge on any atom is -0.493 e. The van der Waals surface area contributed by atoms with Crippen molar-refractivity contribution in [2.24, 2.45) is 4.99 Å². The number of ether oxygens (including phenoxy) is 3. The fourth-order valence-corrected chi connectivity index (χ4v) is 4.34. The maximum atomic E-state index is 12.4. The van der Waals surface area contributed by atoms with Crippen LogP contribution in [0.15, 0.2) is 71.4 Å². The molecule has 0 aliphatic carbocycles. The first kappa shape index (κ1) is 22.8. The van der Waals surface area contributed by atoms with E-state index in [0.29, 0.717) is 24.0 Å². The highest BCUT2D eigenvalue weighted by molar-refractivity contribution is 14.1. The Morgan fingerprint density at radius 2 is 1.81 bits per heavy atom. The Morgan fingerprint density at radius 1 is 1.06 bits per heavy atom. The van der Waals surface area contributed by atoms with E-state index in [2.05, 4.69) is 50.2 Å². The Labute approximate surface area is 213 Å². The largest absolute Gasteiger partial charge is 0.493 e. The van der Waals surface area contributed by atoms with E-state index in [1.54, 1.807) is 13.2 Å². The van der Waals surface area contributed by atoms with Gasteiger partial charge in [0.15, 0.2) is 17.2 Å². The number of halogens is 2. The van der Waals surface area contributed by atoms with Crippen LogP contribution in [0.3, 0.4) is 0 Å². The summed E-state index contributed by atoms with van der Waals surface area (Å²) in [5, 5.41) is 0. The molecule has 0 unspecified atom stereocenters. The van der Waals surface area contributed by atoms with Crippen molar-refractivity contribution in [2.45, 2.75) is 13.5 Å². The van der Waals surface area contributed by atoms with E-state index in [0.717, 1.165) is 25.8 Å². The minimum atomic E-state index is -0.476. The van der Waals surface area contributed by atoms with Crippen LogP contribution in [-0.4, -0.2) is 19.0 Å². The average Bonchev–Trinajstić information content (AvgIpc) is 3.14. The number of hydrogen-bond donors (Lipinski definition) is 0. The Balaban J connectivity index is 1.59. The van der Waals surface area contributed by atoms with Gasteiger partial charge in [0.05, 0.1) is 10.7 Å². The second-order valence-corrected chi connectivity index (χ2v) is 9.51. The Kier molecular flexibility index (Phi) is 7.14. The number of carbonyl (C=O) groups is 1. The van der Waals surface area contributed by atoms with Crippen molar-refractivity contribution in [2.75, 3.05) is 7.11 Å². The van der Waals surface area contributed by atoms with Crippen molar-refractivity contribution in [1.82, 2.24) is 0 Å². The highest BCUT2D eigenvalue weighted by Gasteiger charge is 2.25. The molecule has 32 heavy (non-hydrogen) atoms. The molecule has 3 aromatic carbocycles. The molecule has 0 atom stereocenters. The fourth-order valence-electron chi connectivity index (χ4n) is 3.19. The van der Waals surface area contributed by atoms with Gasteiger partial charge >= 0.3 is 5.97 Å². The predicted molar refractivity (Wildman–Crippen MR) is 141 cm³/mol. The van der Waals surface area contributed by atoms with Crippen LogP contribution in [0.25, 0.3) is 6.08 Å². The van der Waals surface area contributed by atoms with Crippen LogP contribution in [0.5, 0.6) is 11.5 Å². The molecule has 7 heteroatoms. The Hall–Kier alpha value is -2.40. The number of nitrogens with zero attached hydrogens (tertiary/aromatic N) is 1. The monoisotopic (exact) mass is 651 g/mol. The molecule has 1 aliphatic heterocycles. The number of cyclic esters (lactones) is 1. The molecule has 3 aromatic rings. The van der Waals surface area contributed by atoms with E-state index in [4.69, 9.17) is 14.2 Å². The number of methoxy groups -OCH3 is 1. The molecule has 0 N–H and O–H groups in total. The predicted octanol–water partition coefficient (Wildman–Crippen LogP) is 6.14. The molecular formula is C25H19I2NO4. The van der Waals surface area contributed by atoms with Gasteiger partial charge in [-0.25, -0.2) is 9.79 Å². The summed E-state index contributed by atoms with van der Waals surface area (Å²) in [6, 6.07) is 19.6. The van der Waals surface area contributed by atoms with Crippen molar-refractivity contribution in [3.63, 3.8) is 0 Å². The highest BCUT2D eigenvalue weighted by Crippen LogP contribution is 2.35. The van der Waals surface area contributed by atoms with Crippen LogP contribution < -0.4 is 9.47 Å². The molecule has 0 radical (unpaired) electrons. The number of carbonyl (C=O) groups excluding carboxylic acids is 1. The standard InChI is InChI=1S/C25H19I2NO4/c1-15-5-3-4-6-19(15)24-28-21(25(29)32-24)12-17-11-20(27)23(22(13-17)30-2)31-14-16-7-9-18(26)10-8-16/h3-13H,14H2,1-2H3/b21-12-.